The lowest BCUT2D eigenvalue weighted by molar-refractivity contribution is 1.45. The van der Waals surface area contributed by atoms with Gasteiger partial charge in [-0.05, 0) is 6.92 Å². The molecule has 13 heavy (non-hydrogen) atoms. The van der Waals surface area contributed by atoms with Gasteiger partial charge in [-0.1, -0.05) is 36.4 Å². The van der Waals surface area contributed by atoms with Gasteiger partial charge in [-0.15, -0.1) is 0 Å². The minimum atomic E-state index is 0.634. The fourth-order valence-corrected chi connectivity index (χ4v) is 1.02. The maximum absolute atomic E-state index is 7.15. The first-order valence-electron chi connectivity index (χ1n) is 4.04. The van der Waals surface area contributed by atoms with Crippen LogP contribution < -0.4 is 0 Å². The van der Waals surface area contributed by atoms with Crippen molar-refractivity contribution in [2.24, 2.45) is 4.99 Å². The molecule has 0 saturated carbocycles. The van der Waals surface area contributed by atoms with Crippen molar-refractivity contribution >= 4 is 11.9 Å². The zero-order valence-electron chi connectivity index (χ0n) is 7.62. The molecule has 0 aliphatic rings. The average molecular weight is 172 g/mol. The van der Waals surface area contributed by atoms with Gasteiger partial charge in [0.25, 0.3) is 0 Å². The molecule has 0 aromatic heterocycles. The van der Waals surface area contributed by atoms with Crippen LogP contribution in [0.4, 0.5) is 0 Å². The Morgan fingerprint density at radius 1 is 1.38 bits per heavy atom. The van der Waals surface area contributed by atoms with Gasteiger partial charge in [-0.2, -0.15) is 0 Å². The molecule has 0 spiro atoms. The number of hydrogen-bond donors (Lipinski definition) is 1. The number of rotatable bonds is 3. The smallest absolute Gasteiger partial charge is 0.0877 e. The summed E-state index contributed by atoms with van der Waals surface area (Å²) in [5, 5.41) is 7.15. The Labute approximate surface area is 78.1 Å². The van der Waals surface area contributed by atoms with Crippen molar-refractivity contribution in [1.82, 2.24) is 0 Å². The van der Waals surface area contributed by atoms with E-state index in [0.717, 1.165) is 5.56 Å². The van der Waals surface area contributed by atoms with Crippen LogP contribution in [0.5, 0.6) is 0 Å². The van der Waals surface area contributed by atoms with Crippen molar-refractivity contribution < 1.29 is 0 Å². The molecule has 0 bridgehead atoms. The van der Waals surface area contributed by atoms with Crippen molar-refractivity contribution in [1.29, 1.82) is 5.41 Å². The predicted molar refractivity (Wildman–Crippen MR) is 56.7 cm³/mol. The van der Waals surface area contributed by atoms with Crippen molar-refractivity contribution in [3.63, 3.8) is 0 Å². The Hall–Kier alpha value is -1.70. The van der Waals surface area contributed by atoms with Crippen LogP contribution in [-0.4, -0.2) is 11.9 Å². The lowest BCUT2D eigenvalue weighted by Crippen LogP contribution is -2.00. The standard InChI is InChI=1S/C11H12N2/c1-3-13-11(8-12)10-6-4-9(2)5-7-10/h3-8,12H,1H2,2H3. The van der Waals surface area contributed by atoms with Crippen LogP contribution >= 0.6 is 0 Å². The van der Waals surface area contributed by atoms with Gasteiger partial charge in [-0.3, -0.25) is 4.99 Å². The molecule has 1 rings (SSSR count). The number of aliphatic imine (C=N–C) groups is 1. The summed E-state index contributed by atoms with van der Waals surface area (Å²) in [6, 6.07) is 7.89. The lowest BCUT2D eigenvalue weighted by atomic mass is 10.1. The van der Waals surface area contributed by atoms with Crippen LogP contribution in [0.1, 0.15) is 11.1 Å². The molecule has 2 nitrogen and oxygen atoms in total. The van der Waals surface area contributed by atoms with Crippen LogP contribution in [0.15, 0.2) is 42.0 Å². The van der Waals surface area contributed by atoms with Gasteiger partial charge in [-0.25, -0.2) is 0 Å². The SMILES string of the molecule is C=CN=C(C=N)c1ccc(C)cc1. The summed E-state index contributed by atoms with van der Waals surface area (Å²) in [6.07, 6.45) is 2.67. The molecule has 0 amide bonds. The van der Waals surface area contributed by atoms with Gasteiger partial charge < -0.3 is 5.41 Å². The molecular formula is C11H12N2. The molecule has 66 valence electrons. The number of benzene rings is 1. The molecule has 0 aliphatic carbocycles. The van der Waals surface area contributed by atoms with Gasteiger partial charge in [0.05, 0.1) is 5.71 Å². The molecule has 2 heteroatoms. The number of aryl methyl sites for hydroxylation is 1. The third kappa shape index (κ3) is 2.37. The van der Waals surface area contributed by atoms with E-state index in [-0.39, 0.29) is 0 Å². The number of hydrogen-bond acceptors (Lipinski definition) is 2. The van der Waals surface area contributed by atoms with Crippen molar-refractivity contribution in [2.45, 2.75) is 6.92 Å². The van der Waals surface area contributed by atoms with Crippen molar-refractivity contribution in [2.75, 3.05) is 0 Å². The van der Waals surface area contributed by atoms with Crippen molar-refractivity contribution in [3.8, 4) is 0 Å². The maximum Gasteiger partial charge on any atom is 0.0877 e. The van der Waals surface area contributed by atoms with E-state index in [1.165, 1.54) is 18.0 Å². The molecule has 0 aliphatic heterocycles. The lowest BCUT2D eigenvalue weighted by Gasteiger charge is -1.99. The van der Waals surface area contributed by atoms with Gasteiger partial charge in [0.15, 0.2) is 0 Å². The van der Waals surface area contributed by atoms with E-state index in [1.807, 2.05) is 31.2 Å². The molecule has 1 aromatic rings. The minimum Gasteiger partial charge on any atom is -0.306 e. The largest absolute Gasteiger partial charge is 0.306 e. The molecule has 0 saturated heterocycles. The third-order valence-electron chi connectivity index (χ3n) is 1.71. The molecule has 0 fully saturated rings. The zero-order valence-corrected chi connectivity index (χ0v) is 7.62. The second-order valence-corrected chi connectivity index (χ2v) is 2.71. The molecule has 0 atom stereocenters. The predicted octanol–water partition coefficient (Wildman–Crippen LogP) is 2.58. The fraction of sp³-hybridized carbons (Fsp3) is 0.0909. The van der Waals surface area contributed by atoms with Crippen LogP contribution in [0.25, 0.3) is 0 Å². The highest BCUT2D eigenvalue weighted by Gasteiger charge is 1.97. The number of nitrogens with zero attached hydrogens (tertiary/aromatic N) is 1. The van der Waals surface area contributed by atoms with E-state index < -0.39 is 0 Å². The van der Waals surface area contributed by atoms with Gasteiger partial charge >= 0.3 is 0 Å². The molecule has 1 N–H and O–H groups in total. The summed E-state index contributed by atoms with van der Waals surface area (Å²) >= 11 is 0. The van der Waals surface area contributed by atoms with Crippen molar-refractivity contribution in [3.05, 3.63) is 48.2 Å². The Morgan fingerprint density at radius 2 is 2.00 bits per heavy atom. The fourth-order valence-electron chi connectivity index (χ4n) is 1.02. The van der Waals surface area contributed by atoms with E-state index in [0.29, 0.717) is 5.71 Å². The molecule has 0 radical (unpaired) electrons. The highest BCUT2D eigenvalue weighted by atomic mass is 14.7. The molecular weight excluding hydrogens is 160 g/mol. The van der Waals surface area contributed by atoms with E-state index in [9.17, 15) is 0 Å². The molecule has 0 unspecified atom stereocenters. The Balaban J connectivity index is 3.06. The van der Waals surface area contributed by atoms with Crippen LogP contribution in [-0.2, 0) is 0 Å². The van der Waals surface area contributed by atoms with Gasteiger partial charge in [0.2, 0.25) is 0 Å². The van der Waals surface area contributed by atoms with Gasteiger partial charge in [0.1, 0.15) is 0 Å². The first-order chi connectivity index (χ1) is 6.27. The van der Waals surface area contributed by atoms with E-state index >= 15 is 0 Å². The van der Waals surface area contributed by atoms with E-state index in [1.54, 1.807) is 0 Å². The normalized spacial score (nSPS) is 11.0. The number of nitrogens with one attached hydrogen (secondary N) is 1. The van der Waals surface area contributed by atoms with Crippen LogP contribution in [0.2, 0.25) is 0 Å². The van der Waals surface area contributed by atoms with E-state index in [4.69, 9.17) is 5.41 Å². The zero-order chi connectivity index (χ0) is 9.68. The maximum atomic E-state index is 7.15. The average Bonchev–Trinajstić information content (AvgIpc) is 2.16. The van der Waals surface area contributed by atoms with E-state index in [2.05, 4.69) is 11.6 Å². The summed E-state index contributed by atoms with van der Waals surface area (Å²) in [6.45, 7) is 5.53. The van der Waals surface area contributed by atoms with Gasteiger partial charge in [0, 0.05) is 18.0 Å². The second kappa shape index (κ2) is 4.36. The Bertz CT molecular complexity index is 334. The molecule has 1 aromatic carbocycles. The summed E-state index contributed by atoms with van der Waals surface area (Å²) < 4.78 is 0. The van der Waals surface area contributed by atoms with Crippen LogP contribution in [0, 0.1) is 12.3 Å². The second-order valence-electron chi connectivity index (χ2n) is 2.71. The minimum absolute atomic E-state index is 0.634. The quantitative estimate of drug-likeness (QED) is 0.680. The highest BCUT2D eigenvalue weighted by Crippen LogP contribution is 2.03. The summed E-state index contributed by atoms with van der Waals surface area (Å²) in [5.74, 6) is 0. The Morgan fingerprint density at radius 3 is 2.46 bits per heavy atom. The summed E-state index contributed by atoms with van der Waals surface area (Å²) in [4.78, 5) is 3.98. The highest BCUT2D eigenvalue weighted by molar-refractivity contribution is 6.37. The van der Waals surface area contributed by atoms with Crippen LogP contribution in [0.3, 0.4) is 0 Å². The topological polar surface area (TPSA) is 36.2 Å². The monoisotopic (exact) mass is 172 g/mol. The molecule has 0 heterocycles. The third-order valence-corrected chi connectivity index (χ3v) is 1.71. The first kappa shape index (κ1) is 9.39. The summed E-state index contributed by atoms with van der Waals surface area (Å²) in [5.41, 5.74) is 2.78. The first-order valence-corrected chi connectivity index (χ1v) is 4.04. The Kier molecular flexibility index (Phi) is 3.15. The summed E-state index contributed by atoms with van der Waals surface area (Å²) in [7, 11) is 0.